The number of hydrogen-bond acceptors (Lipinski definition) is 3. The van der Waals surface area contributed by atoms with Crippen molar-refractivity contribution in [2.24, 2.45) is 5.92 Å². The summed E-state index contributed by atoms with van der Waals surface area (Å²) >= 11 is 5.98. The van der Waals surface area contributed by atoms with Gasteiger partial charge in [-0.1, -0.05) is 11.6 Å². The Morgan fingerprint density at radius 3 is 2.35 bits per heavy atom. The summed E-state index contributed by atoms with van der Waals surface area (Å²) in [5.74, 6) is -0.0328. The van der Waals surface area contributed by atoms with Crippen molar-refractivity contribution in [3.63, 3.8) is 0 Å². The molecule has 0 saturated carbocycles. The number of Topliss-reactive ketones (excluding diaryl/α,β-unsaturated/α-hetero) is 1. The number of halogens is 2. The Kier molecular flexibility index (Phi) is 5.57. The molecular formula is C20H19ClFNO3. The highest BCUT2D eigenvalue weighted by atomic mass is 35.5. The molecule has 0 atom stereocenters. The number of hydrogen-bond donors (Lipinski definition) is 0. The first kappa shape index (κ1) is 18.4. The van der Waals surface area contributed by atoms with Crippen LogP contribution in [-0.4, -0.2) is 36.8 Å². The molecule has 2 aromatic carbocycles. The lowest BCUT2D eigenvalue weighted by Crippen LogP contribution is -2.40. The molecule has 1 aliphatic heterocycles. The van der Waals surface area contributed by atoms with Crippen molar-refractivity contribution in [3.8, 4) is 5.75 Å². The molecule has 136 valence electrons. The summed E-state index contributed by atoms with van der Waals surface area (Å²) < 4.78 is 18.3. The zero-order valence-electron chi connectivity index (χ0n) is 14.4. The highest BCUT2D eigenvalue weighted by Crippen LogP contribution is 2.26. The molecule has 1 amide bonds. The molecule has 26 heavy (non-hydrogen) atoms. The van der Waals surface area contributed by atoms with Crippen LogP contribution in [0.1, 0.15) is 33.6 Å². The van der Waals surface area contributed by atoms with Crippen molar-refractivity contribution >= 4 is 23.3 Å². The summed E-state index contributed by atoms with van der Waals surface area (Å²) in [6.45, 7) is 0.943. The molecule has 4 nitrogen and oxygen atoms in total. The van der Waals surface area contributed by atoms with Gasteiger partial charge in [-0.05, 0) is 55.3 Å². The van der Waals surface area contributed by atoms with Crippen LogP contribution in [0.15, 0.2) is 42.5 Å². The lowest BCUT2D eigenvalue weighted by atomic mass is 9.88. The minimum Gasteiger partial charge on any atom is -0.497 e. The third kappa shape index (κ3) is 3.88. The number of amides is 1. The van der Waals surface area contributed by atoms with E-state index in [1.807, 2.05) is 0 Å². The monoisotopic (exact) mass is 375 g/mol. The van der Waals surface area contributed by atoms with Crippen molar-refractivity contribution < 1.29 is 18.7 Å². The fourth-order valence-electron chi connectivity index (χ4n) is 3.17. The Bertz CT molecular complexity index is 814. The number of benzene rings is 2. The number of likely N-dealkylation sites (tertiary alicyclic amines) is 1. The van der Waals surface area contributed by atoms with Gasteiger partial charge in [0.25, 0.3) is 5.91 Å². The summed E-state index contributed by atoms with van der Waals surface area (Å²) in [5.41, 5.74) is 0.935. The molecule has 2 aromatic rings. The van der Waals surface area contributed by atoms with Crippen molar-refractivity contribution in [1.29, 1.82) is 0 Å². The first-order chi connectivity index (χ1) is 12.5. The van der Waals surface area contributed by atoms with Crippen molar-refractivity contribution in [2.75, 3.05) is 20.2 Å². The maximum absolute atomic E-state index is 13.1. The van der Waals surface area contributed by atoms with Crippen molar-refractivity contribution in [2.45, 2.75) is 12.8 Å². The molecule has 1 aliphatic rings. The molecular weight excluding hydrogens is 357 g/mol. The highest BCUT2D eigenvalue weighted by Gasteiger charge is 2.29. The standard InChI is InChI=1S/C20H19ClFNO3/c1-26-16-5-2-13(3-6-16)19(24)14-8-10-23(11-9-14)20(25)17-7-4-15(22)12-18(17)21/h2-7,12,14H,8-11H2,1H3. The smallest absolute Gasteiger partial charge is 0.255 e. The number of carbonyl (C=O) groups excluding carboxylic acids is 2. The first-order valence-electron chi connectivity index (χ1n) is 8.42. The van der Waals surface area contributed by atoms with E-state index in [1.54, 1.807) is 36.3 Å². The fraction of sp³-hybridized carbons (Fsp3) is 0.300. The number of ketones is 1. The maximum Gasteiger partial charge on any atom is 0.255 e. The summed E-state index contributed by atoms with van der Waals surface area (Å²) in [5, 5.41) is 0.103. The van der Waals surface area contributed by atoms with Crippen LogP contribution in [0.25, 0.3) is 0 Å². The van der Waals surface area contributed by atoms with Crippen LogP contribution in [0.5, 0.6) is 5.75 Å². The quantitative estimate of drug-likeness (QED) is 0.751. The Labute approximate surface area is 156 Å². The lowest BCUT2D eigenvalue weighted by Gasteiger charge is -2.31. The van der Waals surface area contributed by atoms with Crippen LogP contribution in [0.3, 0.4) is 0 Å². The second-order valence-electron chi connectivity index (χ2n) is 6.28. The van der Waals surface area contributed by atoms with Crippen LogP contribution in [0.2, 0.25) is 5.02 Å². The average Bonchev–Trinajstić information content (AvgIpc) is 2.67. The van der Waals surface area contributed by atoms with E-state index >= 15 is 0 Å². The number of piperidine rings is 1. The zero-order chi connectivity index (χ0) is 18.7. The molecule has 3 rings (SSSR count). The van der Waals surface area contributed by atoms with Gasteiger partial charge in [-0.25, -0.2) is 4.39 Å². The van der Waals surface area contributed by atoms with E-state index in [0.29, 0.717) is 37.2 Å². The van der Waals surface area contributed by atoms with Gasteiger partial charge in [0.05, 0.1) is 17.7 Å². The van der Waals surface area contributed by atoms with Crippen LogP contribution in [-0.2, 0) is 0 Å². The number of rotatable bonds is 4. The Morgan fingerprint density at radius 1 is 1.12 bits per heavy atom. The van der Waals surface area contributed by atoms with Gasteiger partial charge in [-0.2, -0.15) is 0 Å². The molecule has 0 unspecified atom stereocenters. The average molecular weight is 376 g/mol. The van der Waals surface area contributed by atoms with Gasteiger partial charge >= 0.3 is 0 Å². The van der Waals surface area contributed by atoms with Gasteiger partial charge in [-0.3, -0.25) is 9.59 Å². The van der Waals surface area contributed by atoms with Crippen LogP contribution < -0.4 is 4.74 Å². The Balaban J connectivity index is 1.63. The molecule has 1 fully saturated rings. The second kappa shape index (κ2) is 7.87. The van der Waals surface area contributed by atoms with Gasteiger partial charge in [0.1, 0.15) is 11.6 Å². The molecule has 0 radical (unpaired) electrons. The minimum atomic E-state index is -0.477. The zero-order valence-corrected chi connectivity index (χ0v) is 15.1. The van der Waals surface area contributed by atoms with E-state index in [4.69, 9.17) is 16.3 Å². The molecule has 0 bridgehead atoms. The van der Waals surface area contributed by atoms with Gasteiger partial charge in [-0.15, -0.1) is 0 Å². The summed E-state index contributed by atoms with van der Waals surface area (Å²) in [6, 6.07) is 10.8. The van der Waals surface area contributed by atoms with E-state index < -0.39 is 5.82 Å². The summed E-state index contributed by atoms with van der Waals surface area (Å²) in [6.07, 6.45) is 1.19. The van der Waals surface area contributed by atoms with Crippen molar-refractivity contribution in [3.05, 3.63) is 64.4 Å². The predicted molar refractivity (Wildman–Crippen MR) is 97.4 cm³/mol. The van der Waals surface area contributed by atoms with E-state index in [2.05, 4.69) is 0 Å². The molecule has 0 aromatic heterocycles. The molecule has 0 spiro atoms. The summed E-state index contributed by atoms with van der Waals surface area (Å²) in [7, 11) is 1.58. The second-order valence-corrected chi connectivity index (χ2v) is 6.69. The Morgan fingerprint density at radius 2 is 1.77 bits per heavy atom. The largest absolute Gasteiger partial charge is 0.497 e. The van der Waals surface area contributed by atoms with E-state index in [0.717, 1.165) is 6.07 Å². The van der Waals surface area contributed by atoms with Gasteiger partial charge < -0.3 is 9.64 Å². The van der Waals surface area contributed by atoms with E-state index in [9.17, 15) is 14.0 Å². The highest BCUT2D eigenvalue weighted by molar-refractivity contribution is 6.33. The Hall–Kier alpha value is -2.40. The molecule has 1 saturated heterocycles. The minimum absolute atomic E-state index is 0.0829. The van der Waals surface area contributed by atoms with Gasteiger partial charge in [0.2, 0.25) is 0 Å². The maximum atomic E-state index is 13.1. The fourth-order valence-corrected chi connectivity index (χ4v) is 3.42. The molecule has 0 aliphatic carbocycles. The SMILES string of the molecule is COc1ccc(C(=O)C2CCN(C(=O)c3ccc(F)cc3Cl)CC2)cc1. The van der Waals surface area contributed by atoms with Crippen LogP contribution >= 0.6 is 11.6 Å². The third-order valence-electron chi connectivity index (χ3n) is 4.69. The number of ether oxygens (including phenoxy) is 1. The predicted octanol–water partition coefficient (Wildman–Crippen LogP) is 4.22. The third-order valence-corrected chi connectivity index (χ3v) is 5.00. The lowest BCUT2D eigenvalue weighted by molar-refractivity contribution is 0.0650. The normalized spacial score (nSPS) is 15.0. The van der Waals surface area contributed by atoms with Crippen LogP contribution in [0, 0.1) is 11.7 Å². The molecule has 0 N–H and O–H groups in total. The van der Waals surface area contributed by atoms with Crippen molar-refractivity contribution in [1.82, 2.24) is 4.90 Å². The van der Waals surface area contributed by atoms with Gasteiger partial charge in [0.15, 0.2) is 5.78 Å². The molecule has 6 heteroatoms. The number of methoxy groups -OCH3 is 1. The first-order valence-corrected chi connectivity index (χ1v) is 8.80. The van der Waals surface area contributed by atoms with E-state index in [-0.39, 0.29) is 28.2 Å². The number of nitrogens with zero attached hydrogens (tertiary/aromatic N) is 1. The topological polar surface area (TPSA) is 46.6 Å². The van der Waals surface area contributed by atoms with Gasteiger partial charge in [0, 0.05) is 24.6 Å². The molecule has 1 heterocycles. The van der Waals surface area contributed by atoms with E-state index in [1.165, 1.54) is 12.1 Å². The van der Waals surface area contributed by atoms with Crippen LogP contribution in [0.4, 0.5) is 4.39 Å². The number of carbonyl (C=O) groups is 2. The summed E-state index contributed by atoms with van der Waals surface area (Å²) in [4.78, 5) is 26.9.